The minimum absolute atomic E-state index is 0.0246. The summed E-state index contributed by atoms with van der Waals surface area (Å²) >= 11 is 0. The van der Waals surface area contributed by atoms with E-state index in [0.29, 0.717) is 29.9 Å². The highest BCUT2D eigenvalue weighted by atomic mass is 32.2. The smallest absolute Gasteiger partial charge is 0.244 e. The van der Waals surface area contributed by atoms with Crippen LogP contribution in [0.1, 0.15) is 45.1 Å². The normalized spacial score (nSPS) is 26.4. The maximum atomic E-state index is 12.6. The monoisotopic (exact) mass is 314 g/mol. The lowest BCUT2D eigenvalue weighted by molar-refractivity contribution is 0.401. The predicted molar refractivity (Wildman–Crippen MR) is 82.5 cm³/mol. The molecule has 1 aromatic rings. The van der Waals surface area contributed by atoms with Gasteiger partial charge in [-0.3, -0.25) is 0 Å². The van der Waals surface area contributed by atoms with Gasteiger partial charge in [0.2, 0.25) is 10.0 Å². The lowest BCUT2D eigenvalue weighted by atomic mass is 9.98. The molecule has 0 aliphatic heterocycles. The Bertz CT molecular complexity index is 580. The first-order valence-electron chi connectivity index (χ1n) is 7.67. The number of rotatable bonds is 6. The molecule has 2 N–H and O–H groups in total. The van der Waals surface area contributed by atoms with Gasteiger partial charge in [0, 0.05) is 12.1 Å². The van der Waals surface area contributed by atoms with Crippen molar-refractivity contribution in [3.05, 3.63) is 17.6 Å². The minimum atomic E-state index is -3.51. The van der Waals surface area contributed by atoms with E-state index in [9.17, 15) is 8.42 Å². The van der Waals surface area contributed by atoms with E-state index in [0.717, 1.165) is 19.4 Å². The first-order valence-corrected chi connectivity index (χ1v) is 9.15. The summed E-state index contributed by atoms with van der Waals surface area (Å²) in [4.78, 5) is 0.266. The summed E-state index contributed by atoms with van der Waals surface area (Å²) in [6, 6.07) is 1.65. The van der Waals surface area contributed by atoms with Gasteiger partial charge in [0.15, 0.2) is 0 Å². The summed E-state index contributed by atoms with van der Waals surface area (Å²) in [6.45, 7) is 9.35. The van der Waals surface area contributed by atoms with E-state index in [2.05, 4.69) is 23.9 Å². The molecule has 1 heterocycles. The predicted octanol–water partition coefficient (Wildman–Crippen LogP) is 2.41. The van der Waals surface area contributed by atoms with E-state index in [1.54, 1.807) is 13.0 Å². The number of hydrogen-bond donors (Lipinski definition) is 2. The maximum Gasteiger partial charge on any atom is 0.244 e. The van der Waals surface area contributed by atoms with Gasteiger partial charge in [0.1, 0.15) is 16.4 Å². The number of aryl methyl sites for hydroxylation is 1. The van der Waals surface area contributed by atoms with Crippen molar-refractivity contribution < 1.29 is 12.8 Å². The zero-order valence-corrected chi connectivity index (χ0v) is 14.1. The fourth-order valence-electron chi connectivity index (χ4n) is 2.92. The van der Waals surface area contributed by atoms with Crippen LogP contribution in [0.2, 0.25) is 0 Å². The second-order valence-electron chi connectivity index (χ2n) is 6.06. The molecule has 1 fully saturated rings. The highest BCUT2D eigenvalue weighted by Crippen LogP contribution is 2.32. The molecule has 1 aliphatic rings. The molecule has 21 heavy (non-hydrogen) atoms. The summed E-state index contributed by atoms with van der Waals surface area (Å²) in [6.07, 6.45) is 1.98. The maximum absolute atomic E-state index is 12.6. The molecule has 3 atom stereocenters. The molecule has 0 bridgehead atoms. The van der Waals surface area contributed by atoms with Crippen LogP contribution in [-0.2, 0) is 16.6 Å². The second-order valence-corrected chi connectivity index (χ2v) is 7.74. The molecular weight excluding hydrogens is 288 g/mol. The molecule has 120 valence electrons. The number of furan rings is 1. The van der Waals surface area contributed by atoms with Crippen molar-refractivity contribution in [3.63, 3.8) is 0 Å². The largest absolute Gasteiger partial charge is 0.464 e. The van der Waals surface area contributed by atoms with Crippen LogP contribution >= 0.6 is 0 Å². The van der Waals surface area contributed by atoms with Crippen LogP contribution in [0.25, 0.3) is 0 Å². The van der Waals surface area contributed by atoms with Crippen molar-refractivity contribution in [1.82, 2.24) is 10.0 Å². The average Bonchev–Trinajstić information content (AvgIpc) is 2.94. The van der Waals surface area contributed by atoms with Gasteiger partial charge >= 0.3 is 0 Å². The highest BCUT2D eigenvalue weighted by molar-refractivity contribution is 7.89. The van der Waals surface area contributed by atoms with E-state index in [1.165, 1.54) is 0 Å². The van der Waals surface area contributed by atoms with Crippen molar-refractivity contribution in [1.29, 1.82) is 0 Å². The van der Waals surface area contributed by atoms with E-state index in [4.69, 9.17) is 4.42 Å². The number of nitrogens with one attached hydrogen (secondary N) is 2. The lowest BCUT2D eigenvalue weighted by Crippen LogP contribution is -2.37. The topological polar surface area (TPSA) is 71.3 Å². The summed E-state index contributed by atoms with van der Waals surface area (Å²) in [5.74, 6) is 2.04. The Morgan fingerprint density at radius 3 is 2.62 bits per heavy atom. The fraction of sp³-hybridized carbons (Fsp3) is 0.733. The molecule has 0 spiro atoms. The van der Waals surface area contributed by atoms with Crippen LogP contribution in [0.4, 0.5) is 0 Å². The van der Waals surface area contributed by atoms with E-state index in [1.807, 2.05) is 6.92 Å². The summed E-state index contributed by atoms with van der Waals surface area (Å²) in [7, 11) is -3.51. The molecular formula is C15H26N2O3S. The van der Waals surface area contributed by atoms with E-state index < -0.39 is 10.0 Å². The van der Waals surface area contributed by atoms with Crippen molar-refractivity contribution in [3.8, 4) is 0 Å². The SMILES string of the molecule is CCNCc1cc(S(=O)(=O)NC2CCC(C)C2C)c(C)o1. The molecule has 6 heteroatoms. The third kappa shape index (κ3) is 3.67. The Morgan fingerprint density at radius 1 is 1.33 bits per heavy atom. The number of hydrogen-bond acceptors (Lipinski definition) is 4. The van der Waals surface area contributed by atoms with Gasteiger partial charge in [0.05, 0.1) is 6.54 Å². The van der Waals surface area contributed by atoms with Gasteiger partial charge in [-0.1, -0.05) is 20.8 Å². The molecule has 0 amide bonds. The Hall–Kier alpha value is -0.850. The molecule has 5 nitrogen and oxygen atoms in total. The first-order chi connectivity index (χ1) is 9.85. The summed E-state index contributed by atoms with van der Waals surface area (Å²) in [5.41, 5.74) is 0. The second kappa shape index (κ2) is 6.50. The van der Waals surface area contributed by atoms with Gasteiger partial charge in [-0.15, -0.1) is 0 Å². The van der Waals surface area contributed by atoms with Crippen LogP contribution in [-0.4, -0.2) is 21.0 Å². The molecule has 1 aliphatic carbocycles. The van der Waals surface area contributed by atoms with Crippen LogP contribution in [0.5, 0.6) is 0 Å². The average molecular weight is 314 g/mol. The van der Waals surface area contributed by atoms with E-state index in [-0.39, 0.29) is 10.9 Å². The van der Waals surface area contributed by atoms with Crippen LogP contribution in [0.15, 0.2) is 15.4 Å². The van der Waals surface area contributed by atoms with Crippen LogP contribution in [0, 0.1) is 18.8 Å². The third-order valence-electron chi connectivity index (χ3n) is 4.53. The Balaban J connectivity index is 2.14. The van der Waals surface area contributed by atoms with Crippen molar-refractivity contribution in [2.24, 2.45) is 11.8 Å². The molecule has 3 unspecified atom stereocenters. The zero-order valence-electron chi connectivity index (χ0n) is 13.3. The van der Waals surface area contributed by atoms with Gasteiger partial charge in [-0.25, -0.2) is 13.1 Å². The summed E-state index contributed by atoms with van der Waals surface area (Å²) < 4.78 is 33.5. The fourth-order valence-corrected chi connectivity index (χ4v) is 4.48. The summed E-state index contributed by atoms with van der Waals surface area (Å²) in [5, 5.41) is 3.13. The Labute approximate surface area is 127 Å². The van der Waals surface area contributed by atoms with Crippen LogP contribution in [0.3, 0.4) is 0 Å². The van der Waals surface area contributed by atoms with Gasteiger partial charge in [-0.2, -0.15) is 0 Å². The standard InChI is InChI=1S/C15H26N2O3S/c1-5-16-9-13-8-15(12(4)20-13)21(18,19)17-14-7-6-10(2)11(14)3/h8,10-11,14,16-17H,5-7,9H2,1-4H3. The van der Waals surface area contributed by atoms with Crippen molar-refractivity contribution >= 4 is 10.0 Å². The lowest BCUT2D eigenvalue weighted by Gasteiger charge is -2.19. The highest BCUT2D eigenvalue weighted by Gasteiger charge is 2.34. The molecule has 2 rings (SSSR count). The minimum Gasteiger partial charge on any atom is -0.464 e. The van der Waals surface area contributed by atoms with Gasteiger partial charge < -0.3 is 9.73 Å². The quantitative estimate of drug-likeness (QED) is 0.846. The zero-order chi connectivity index (χ0) is 15.6. The van der Waals surface area contributed by atoms with Crippen LogP contribution < -0.4 is 10.0 Å². The Kier molecular flexibility index (Phi) is 5.11. The van der Waals surface area contributed by atoms with Crippen molar-refractivity contribution in [2.75, 3.05) is 6.54 Å². The van der Waals surface area contributed by atoms with Gasteiger partial charge in [-0.05, 0) is 38.1 Å². The molecule has 0 saturated heterocycles. The van der Waals surface area contributed by atoms with Crippen molar-refractivity contribution in [2.45, 2.75) is 58.0 Å². The first kappa shape index (κ1) is 16.5. The van der Waals surface area contributed by atoms with E-state index >= 15 is 0 Å². The molecule has 1 saturated carbocycles. The van der Waals surface area contributed by atoms with Gasteiger partial charge in [0.25, 0.3) is 0 Å². The number of sulfonamides is 1. The Morgan fingerprint density at radius 2 is 2.05 bits per heavy atom. The molecule has 1 aromatic heterocycles. The molecule has 0 aromatic carbocycles. The molecule has 0 radical (unpaired) electrons. The third-order valence-corrected chi connectivity index (χ3v) is 6.13.